The molecule has 0 aliphatic heterocycles. The molecule has 0 radical (unpaired) electrons. The third-order valence-electron chi connectivity index (χ3n) is 3.88. The Labute approximate surface area is 142 Å². The summed E-state index contributed by atoms with van der Waals surface area (Å²) in [5.41, 5.74) is 2.08. The van der Waals surface area contributed by atoms with E-state index in [4.69, 9.17) is 4.74 Å². The predicted molar refractivity (Wildman–Crippen MR) is 93.6 cm³/mol. The fourth-order valence-electron chi connectivity index (χ4n) is 2.43. The number of benzene rings is 2. The molecule has 0 aromatic heterocycles. The molecule has 0 spiro atoms. The van der Waals surface area contributed by atoms with Gasteiger partial charge in [0.1, 0.15) is 11.6 Å². The fourth-order valence-corrected chi connectivity index (χ4v) is 2.43. The number of rotatable bonds is 8. The highest BCUT2D eigenvalue weighted by molar-refractivity contribution is 5.81. The summed E-state index contributed by atoms with van der Waals surface area (Å²) < 4.78 is 18.7. The number of carbonyl (C=O) groups is 1. The molecular formula is C20H24FNO2. The highest BCUT2D eigenvalue weighted by Crippen LogP contribution is 2.18. The van der Waals surface area contributed by atoms with Crippen LogP contribution in [-0.2, 0) is 11.2 Å². The van der Waals surface area contributed by atoms with Crippen LogP contribution in [0.5, 0.6) is 5.75 Å². The molecule has 2 aromatic rings. The zero-order valence-electron chi connectivity index (χ0n) is 14.2. The van der Waals surface area contributed by atoms with Gasteiger partial charge in [-0.2, -0.15) is 0 Å². The molecule has 0 saturated carbocycles. The zero-order valence-corrected chi connectivity index (χ0v) is 14.2. The van der Waals surface area contributed by atoms with Gasteiger partial charge in [0.15, 0.2) is 6.10 Å². The van der Waals surface area contributed by atoms with E-state index in [0.29, 0.717) is 13.0 Å². The van der Waals surface area contributed by atoms with Crippen molar-refractivity contribution in [2.75, 3.05) is 6.54 Å². The standard InChI is InChI=1S/C20H24FNO2/c1-3-18(24-19-9-5-4-7-15(19)2)20(23)22-14-6-8-16-10-12-17(21)13-11-16/h4-5,7,9-13,18H,3,6,8,14H2,1-2H3,(H,22,23)/t18-/m0/s1. The highest BCUT2D eigenvalue weighted by Gasteiger charge is 2.18. The molecule has 3 nitrogen and oxygen atoms in total. The lowest BCUT2D eigenvalue weighted by atomic mass is 10.1. The third-order valence-corrected chi connectivity index (χ3v) is 3.88. The number of hydrogen-bond donors (Lipinski definition) is 1. The van der Waals surface area contributed by atoms with Gasteiger partial charge >= 0.3 is 0 Å². The summed E-state index contributed by atoms with van der Waals surface area (Å²) in [5, 5.41) is 2.92. The Morgan fingerprint density at radius 3 is 2.54 bits per heavy atom. The van der Waals surface area contributed by atoms with Crippen molar-refractivity contribution in [1.82, 2.24) is 5.32 Å². The number of aryl methyl sites for hydroxylation is 2. The second-order valence-corrected chi connectivity index (χ2v) is 5.80. The summed E-state index contributed by atoms with van der Waals surface area (Å²) in [7, 11) is 0. The van der Waals surface area contributed by atoms with Crippen molar-refractivity contribution in [3.8, 4) is 5.75 Å². The maximum atomic E-state index is 12.8. The van der Waals surface area contributed by atoms with Crippen molar-refractivity contribution in [2.24, 2.45) is 0 Å². The van der Waals surface area contributed by atoms with Crippen LogP contribution in [0.15, 0.2) is 48.5 Å². The molecule has 24 heavy (non-hydrogen) atoms. The molecule has 2 rings (SSSR count). The van der Waals surface area contributed by atoms with E-state index in [0.717, 1.165) is 29.7 Å². The van der Waals surface area contributed by atoms with Crippen LogP contribution in [0.2, 0.25) is 0 Å². The summed E-state index contributed by atoms with van der Waals surface area (Å²) in [4.78, 5) is 12.3. The lowest BCUT2D eigenvalue weighted by Gasteiger charge is -2.18. The van der Waals surface area contributed by atoms with E-state index in [1.807, 2.05) is 38.1 Å². The molecule has 0 heterocycles. The average Bonchev–Trinajstić information content (AvgIpc) is 2.59. The van der Waals surface area contributed by atoms with Crippen LogP contribution >= 0.6 is 0 Å². The maximum absolute atomic E-state index is 12.8. The van der Waals surface area contributed by atoms with E-state index in [2.05, 4.69) is 5.32 Å². The summed E-state index contributed by atoms with van der Waals surface area (Å²) in [5.74, 6) is 0.414. The predicted octanol–water partition coefficient (Wildman–Crippen LogP) is 4.04. The number of ether oxygens (including phenoxy) is 1. The lowest BCUT2D eigenvalue weighted by molar-refractivity contribution is -0.128. The summed E-state index contributed by atoms with van der Waals surface area (Å²) >= 11 is 0. The van der Waals surface area contributed by atoms with Crippen molar-refractivity contribution in [2.45, 2.75) is 39.2 Å². The molecule has 0 fully saturated rings. The minimum atomic E-state index is -0.489. The monoisotopic (exact) mass is 329 g/mol. The second-order valence-electron chi connectivity index (χ2n) is 5.80. The van der Waals surface area contributed by atoms with Crippen molar-refractivity contribution in [3.05, 3.63) is 65.5 Å². The zero-order chi connectivity index (χ0) is 17.4. The molecule has 0 bridgehead atoms. The third kappa shape index (κ3) is 5.37. The quantitative estimate of drug-likeness (QED) is 0.742. The number of carbonyl (C=O) groups excluding carboxylic acids is 1. The van der Waals surface area contributed by atoms with Gasteiger partial charge in [0.2, 0.25) is 0 Å². The first-order valence-electron chi connectivity index (χ1n) is 8.34. The maximum Gasteiger partial charge on any atom is 0.261 e. The van der Waals surface area contributed by atoms with Gasteiger partial charge in [-0.1, -0.05) is 37.3 Å². The van der Waals surface area contributed by atoms with Gasteiger partial charge in [-0.15, -0.1) is 0 Å². The molecule has 1 atom stereocenters. The van der Waals surface area contributed by atoms with Crippen LogP contribution in [0, 0.1) is 12.7 Å². The number of amides is 1. The number of hydrogen-bond acceptors (Lipinski definition) is 2. The smallest absolute Gasteiger partial charge is 0.261 e. The first kappa shape index (κ1) is 18.0. The average molecular weight is 329 g/mol. The highest BCUT2D eigenvalue weighted by atomic mass is 19.1. The Kier molecular flexibility index (Phi) is 6.79. The second kappa shape index (κ2) is 9.06. The van der Waals surface area contributed by atoms with Gasteiger partial charge in [-0.25, -0.2) is 4.39 Å². The molecule has 0 saturated heterocycles. The van der Waals surface area contributed by atoms with E-state index in [9.17, 15) is 9.18 Å². The van der Waals surface area contributed by atoms with E-state index < -0.39 is 6.10 Å². The molecule has 128 valence electrons. The largest absolute Gasteiger partial charge is 0.480 e. The van der Waals surface area contributed by atoms with E-state index in [1.165, 1.54) is 12.1 Å². The molecule has 1 N–H and O–H groups in total. The topological polar surface area (TPSA) is 38.3 Å². The minimum absolute atomic E-state index is 0.0974. The van der Waals surface area contributed by atoms with Gasteiger partial charge in [-0.3, -0.25) is 4.79 Å². The molecule has 1 amide bonds. The Hall–Kier alpha value is -2.36. The molecule has 2 aromatic carbocycles. The van der Waals surface area contributed by atoms with Crippen molar-refractivity contribution in [1.29, 1.82) is 0 Å². The number of halogens is 1. The lowest BCUT2D eigenvalue weighted by Crippen LogP contribution is -2.38. The molecule has 0 unspecified atom stereocenters. The summed E-state index contributed by atoms with van der Waals surface area (Å²) in [6.45, 7) is 4.47. The van der Waals surface area contributed by atoms with Crippen molar-refractivity contribution in [3.63, 3.8) is 0 Å². The van der Waals surface area contributed by atoms with Gasteiger partial charge in [0, 0.05) is 6.54 Å². The first-order valence-corrected chi connectivity index (χ1v) is 8.34. The first-order chi connectivity index (χ1) is 11.6. The van der Waals surface area contributed by atoms with Crippen molar-refractivity contribution >= 4 is 5.91 Å². The minimum Gasteiger partial charge on any atom is -0.480 e. The Balaban J connectivity index is 1.77. The summed E-state index contributed by atoms with van der Waals surface area (Å²) in [6, 6.07) is 14.1. The van der Waals surface area contributed by atoms with Crippen LogP contribution in [0.25, 0.3) is 0 Å². The Morgan fingerprint density at radius 1 is 1.17 bits per heavy atom. The van der Waals surface area contributed by atoms with Crippen LogP contribution in [0.4, 0.5) is 4.39 Å². The summed E-state index contributed by atoms with van der Waals surface area (Å²) in [6.07, 6.45) is 1.73. The van der Waals surface area contributed by atoms with E-state index in [1.54, 1.807) is 12.1 Å². The van der Waals surface area contributed by atoms with Gasteiger partial charge in [0.05, 0.1) is 0 Å². The molecule has 0 aliphatic rings. The van der Waals surface area contributed by atoms with Crippen LogP contribution in [0.1, 0.15) is 30.9 Å². The fraction of sp³-hybridized carbons (Fsp3) is 0.350. The van der Waals surface area contributed by atoms with Crippen LogP contribution in [-0.4, -0.2) is 18.6 Å². The Bertz CT molecular complexity index is 655. The molecular weight excluding hydrogens is 305 g/mol. The SMILES string of the molecule is CC[C@H](Oc1ccccc1C)C(=O)NCCCc1ccc(F)cc1. The van der Waals surface area contributed by atoms with Crippen molar-refractivity contribution < 1.29 is 13.9 Å². The van der Waals surface area contributed by atoms with Gasteiger partial charge in [0.25, 0.3) is 5.91 Å². The van der Waals surface area contributed by atoms with Gasteiger partial charge < -0.3 is 10.1 Å². The van der Waals surface area contributed by atoms with E-state index >= 15 is 0 Å². The van der Waals surface area contributed by atoms with E-state index in [-0.39, 0.29) is 11.7 Å². The number of para-hydroxylation sites is 1. The normalized spacial score (nSPS) is 11.8. The Morgan fingerprint density at radius 2 is 1.88 bits per heavy atom. The molecule has 4 heteroatoms. The number of nitrogens with one attached hydrogen (secondary N) is 1. The van der Waals surface area contributed by atoms with Crippen LogP contribution in [0.3, 0.4) is 0 Å². The molecule has 0 aliphatic carbocycles. The van der Waals surface area contributed by atoms with Crippen LogP contribution < -0.4 is 10.1 Å². The van der Waals surface area contributed by atoms with Gasteiger partial charge in [-0.05, 0) is 55.5 Å².